The number of hydrogen-bond acceptors (Lipinski definition) is 3. The lowest BCUT2D eigenvalue weighted by Gasteiger charge is -2.27. The molecule has 0 radical (unpaired) electrons. The van der Waals surface area contributed by atoms with Crippen LogP contribution in [0.2, 0.25) is 0 Å². The molecule has 0 spiro atoms. The number of rotatable bonds is 3. The molecule has 0 saturated carbocycles. The zero-order valence-electron chi connectivity index (χ0n) is 22.0. The van der Waals surface area contributed by atoms with Crippen LogP contribution in [-0.2, 0) is 0 Å². The van der Waals surface area contributed by atoms with Gasteiger partial charge < -0.3 is 8.98 Å². The summed E-state index contributed by atoms with van der Waals surface area (Å²) in [5, 5.41) is 14.5. The van der Waals surface area contributed by atoms with Gasteiger partial charge in [-0.25, -0.2) is 4.99 Å². The molecule has 4 heteroatoms. The normalized spacial score (nSPS) is 19.3. The van der Waals surface area contributed by atoms with Gasteiger partial charge in [0.1, 0.15) is 17.4 Å². The number of nitrogens with zero attached hydrogens (tertiary/aromatic N) is 3. The van der Waals surface area contributed by atoms with Gasteiger partial charge >= 0.3 is 0 Å². The Labute approximate surface area is 232 Å². The molecule has 2 aromatic heterocycles. The second-order valence-corrected chi connectivity index (χ2v) is 10.9. The largest absolute Gasteiger partial charge is 0.454 e. The van der Waals surface area contributed by atoms with Crippen LogP contribution in [0.1, 0.15) is 48.8 Å². The summed E-state index contributed by atoms with van der Waals surface area (Å²) in [6.07, 6.45) is 10.1. The minimum absolute atomic E-state index is 0.0219. The number of furan rings is 1. The average molecular weight is 518 g/mol. The minimum Gasteiger partial charge on any atom is -0.454 e. The van der Waals surface area contributed by atoms with E-state index < -0.39 is 0 Å². The third-order valence-electron chi connectivity index (χ3n) is 8.72. The first-order valence-electron chi connectivity index (χ1n) is 14.0. The van der Waals surface area contributed by atoms with Crippen LogP contribution >= 0.6 is 0 Å². The number of benzene rings is 4. The third-order valence-corrected chi connectivity index (χ3v) is 8.72. The Morgan fingerprint density at radius 1 is 0.875 bits per heavy atom. The summed E-state index contributed by atoms with van der Waals surface area (Å²) in [5.41, 5.74) is 8.71. The van der Waals surface area contributed by atoms with E-state index in [0.29, 0.717) is 11.8 Å². The molecule has 0 bridgehead atoms. The second-order valence-electron chi connectivity index (χ2n) is 10.9. The first-order valence-corrected chi connectivity index (χ1v) is 14.0. The molecule has 2 atom stereocenters. The quantitative estimate of drug-likeness (QED) is 0.235. The molecule has 0 N–H and O–H groups in total. The van der Waals surface area contributed by atoms with Crippen molar-refractivity contribution in [1.82, 2.24) is 4.57 Å². The predicted molar refractivity (Wildman–Crippen MR) is 164 cm³/mol. The van der Waals surface area contributed by atoms with Crippen molar-refractivity contribution in [1.29, 1.82) is 5.26 Å². The molecule has 2 aliphatic rings. The highest BCUT2D eigenvalue weighted by Gasteiger charge is 2.26. The Morgan fingerprint density at radius 3 is 2.65 bits per heavy atom. The summed E-state index contributed by atoms with van der Waals surface area (Å²) in [4.78, 5) is 4.34. The van der Waals surface area contributed by atoms with Gasteiger partial charge in [-0.05, 0) is 60.6 Å². The summed E-state index contributed by atoms with van der Waals surface area (Å²) in [6.45, 7) is 0. The molecule has 0 amide bonds. The molecular weight excluding hydrogens is 490 g/mol. The first kappa shape index (κ1) is 23.0. The third kappa shape index (κ3) is 3.48. The van der Waals surface area contributed by atoms with Gasteiger partial charge in [-0.1, -0.05) is 78.9 Å². The van der Waals surface area contributed by atoms with Crippen molar-refractivity contribution in [3.8, 4) is 6.07 Å². The summed E-state index contributed by atoms with van der Waals surface area (Å²) >= 11 is 0. The number of hydrogen-bond donors (Lipinski definition) is 0. The van der Waals surface area contributed by atoms with Crippen molar-refractivity contribution in [2.75, 3.05) is 0 Å². The maximum absolute atomic E-state index is 9.64. The lowest BCUT2D eigenvalue weighted by molar-refractivity contribution is 0.492. The highest BCUT2D eigenvalue weighted by Crippen LogP contribution is 2.44. The summed E-state index contributed by atoms with van der Waals surface area (Å²) in [6, 6.07) is 32.9. The van der Waals surface area contributed by atoms with Crippen LogP contribution in [0.3, 0.4) is 0 Å². The van der Waals surface area contributed by atoms with Crippen LogP contribution in [0.4, 0.5) is 0 Å². The molecule has 3 heterocycles. The molecule has 4 nitrogen and oxygen atoms in total. The molecule has 4 aromatic carbocycles. The maximum atomic E-state index is 9.64. The van der Waals surface area contributed by atoms with Crippen molar-refractivity contribution in [2.24, 2.45) is 4.99 Å². The van der Waals surface area contributed by atoms with Crippen LogP contribution in [0.25, 0.3) is 49.3 Å². The Kier molecular flexibility index (Phi) is 5.24. The van der Waals surface area contributed by atoms with Gasteiger partial charge in [-0.2, -0.15) is 5.26 Å². The van der Waals surface area contributed by atoms with Crippen molar-refractivity contribution < 1.29 is 4.42 Å². The molecule has 192 valence electrons. The van der Waals surface area contributed by atoms with Crippen LogP contribution < -0.4 is 0 Å². The number of para-hydroxylation sites is 2. The van der Waals surface area contributed by atoms with Crippen molar-refractivity contribution in [3.05, 3.63) is 114 Å². The van der Waals surface area contributed by atoms with Gasteiger partial charge in [-0.3, -0.25) is 0 Å². The van der Waals surface area contributed by atoms with E-state index in [4.69, 9.17) is 4.42 Å². The summed E-state index contributed by atoms with van der Waals surface area (Å²) in [5.74, 6) is 0.0219. The molecule has 0 saturated heterocycles. The van der Waals surface area contributed by atoms with Crippen molar-refractivity contribution in [2.45, 2.75) is 37.6 Å². The smallest absolute Gasteiger partial charge is 0.159 e. The number of aromatic nitrogens is 1. The average Bonchev–Trinajstić information content (AvgIpc) is 3.57. The SMILES string of the molecule is N#CC1=NC=CCC1c1cccc(C2=CCCC(n3c4ccccc4c4ccc5c6ccccc6oc5c43)C2)c1. The summed E-state index contributed by atoms with van der Waals surface area (Å²) in [7, 11) is 0. The fourth-order valence-electron chi connectivity index (χ4n) is 6.88. The standard InChI is InChI=1S/C36H27N3O/c37-22-32-27(14-7-19-38-32)25-10-5-8-23(20-25)24-9-6-11-26(21-24)39-33-15-3-1-12-28(33)30-17-18-31-29-13-2-4-16-34(29)40-36(31)35(30)39/h1-5,7-10,12-13,15-20,26-27H,6,11,14,21H2. The van der Waals surface area contributed by atoms with E-state index in [1.165, 1.54) is 38.3 Å². The van der Waals surface area contributed by atoms with Crippen LogP contribution in [0, 0.1) is 11.3 Å². The maximum Gasteiger partial charge on any atom is 0.159 e. The van der Waals surface area contributed by atoms with Gasteiger partial charge in [0.05, 0.1) is 5.52 Å². The predicted octanol–water partition coefficient (Wildman–Crippen LogP) is 9.47. The summed E-state index contributed by atoms with van der Waals surface area (Å²) < 4.78 is 9.12. The minimum atomic E-state index is 0.0219. The van der Waals surface area contributed by atoms with E-state index in [-0.39, 0.29) is 5.92 Å². The fraction of sp³-hybridized carbons (Fsp3) is 0.167. The van der Waals surface area contributed by atoms with Gasteiger partial charge in [0.15, 0.2) is 5.58 Å². The zero-order valence-corrected chi connectivity index (χ0v) is 22.0. The van der Waals surface area contributed by atoms with E-state index in [2.05, 4.69) is 107 Å². The highest BCUT2D eigenvalue weighted by atomic mass is 16.3. The van der Waals surface area contributed by atoms with Gasteiger partial charge in [0.2, 0.25) is 0 Å². The molecule has 8 rings (SSSR count). The Hall–Kier alpha value is -4.88. The molecule has 40 heavy (non-hydrogen) atoms. The van der Waals surface area contributed by atoms with Gasteiger partial charge in [0, 0.05) is 45.2 Å². The molecule has 2 unspecified atom stereocenters. The molecule has 0 fully saturated rings. The zero-order chi connectivity index (χ0) is 26.6. The van der Waals surface area contributed by atoms with Gasteiger partial charge in [-0.15, -0.1) is 0 Å². The Morgan fingerprint density at radius 2 is 1.73 bits per heavy atom. The lowest BCUT2D eigenvalue weighted by atomic mass is 9.85. The first-order chi connectivity index (χ1) is 19.8. The van der Waals surface area contributed by atoms with Gasteiger partial charge in [0.25, 0.3) is 0 Å². The molecule has 1 aliphatic carbocycles. The van der Waals surface area contributed by atoms with E-state index in [1.807, 2.05) is 6.07 Å². The lowest BCUT2D eigenvalue weighted by Crippen LogP contribution is -2.14. The molecule has 1 aliphatic heterocycles. The fourth-order valence-corrected chi connectivity index (χ4v) is 6.88. The van der Waals surface area contributed by atoms with Crippen LogP contribution in [0.5, 0.6) is 0 Å². The van der Waals surface area contributed by atoms with Crippen LogP contribution in [-0.4, -0.2) is 10.3 Å². The molecular formula is C36H27N3O. The topological polar surface area (TPSA) is 54.2 Å². The van der Waals surface area contributed by atoms with E-state index in [0.717, 1.165) is 47.8 Å². The van der Waals surface area contributed by atoms with E-state index in [9.17, 15) is 5.26 Å². The van der Waals surface area contributed by atoms with E-state index in [1.54, 1.807) is 6.20 Å². The Bertz CT molecular complexity index is 2100. The highest BCUT2D eigenvalue weighted by molar-refractivity contribution is 6.20. The van der Waals surface area contributed by atoms with Crippen molar-refractivity contribution >= 4 is 55.0 Å². The number of aliphatic imine (C=N–C) groups is 1. The monoisotopic (exact) mass is 517 g/mol. The van der Waals surface area contributed by atoms with Crippen LogP contribution in [0.15, 0.2) is 113 Å². The number of allylic oxidation sites excluding steroid dienone is 3. The number of nitriles is 1. The Balaban J connectivity index is 1.25. The van der Waals surface area contributed by atoms with E-state index >= 15 is 0 Å². The van der Waals surface area contributed by atoms with Crippen molar-refractivity contribution in [3.63, 3.8) is 0 Å². The second kappa shape index (κ2) is 9.10. The number of fused-ring (bicyclic) bond motifs is 7. The molecule has 6 aromatic rings.